The highest BCUT2D eigenvalue weighted by Gasteiger charge is 2.09. The third-order valence-corrected chi connectivity index (χ3v) is 2.26. The molecule has 1 heterocycles. The quantitative estimate of drug-likeness (QED) is 0.727. The van der Waals surface area contributed by atoms with Crippen molar-refractivity contribution in [3.63, 3.8) is 0 Å². The molecule has 0 atom stereocenters. The zero-order chi connectivity index (χ0) is 10.7. The van der Waals surface area contributed by atoms with Crippen molar-refractivity contribution in [3.05, 3.63) is 26.8 Å². The van der Waals surface area contributed by atoms with E-state index < -0.39 is 5.97 Å². The van der Waals surface area contributed by atoms with E-state index in [0.717, 1.165) is 0 Å². The van der Waals surface area contributed by atoms with Gasteiger partial charge in [0.1, 0.15) is 16.8 Å². The SMILES string of the molecule is COC(=O)Cn1c(C)ncc(Br)c1=O. The van der Waals surface area contributed by atoms with Gasteiger partial charge >= 0.3 is 5.97 Å². The molecule has 0 aromatic carbocycles. The third-order valence-electron chi connectivity index (χ3n) is 1.72. The van der Waals surface area contributed by atoms with Crippen LogP contribution in [0.1, 0.15) is 5.82 Å². The zero-order valence-corrected chi connectivity index (χ0v) is 9.37. The molecule has 1 aromatic heterocycles. The van der Waals surface area contributed by atoms with E-state index in [1.54, 1.807) is 6.92 Å². The molecular weight excluding hydrogens is 252 g/mol. The predicted molar refractivity (Wildman–Crippen MR) is 53.0 cm³/mol. The van der Waals surface area contributed by atoms with Crippen LogP contribution in [-0.2, 0) is 16.1 Å². The molecule has 0 radical (unpaired) electrons. The molecule has 0 N–H and O–H groups in total. The van der Waals surface area contributed by atoms with Crippen LogP contribution in [0.4, 0.5) is 0 Å². The number of esters is 1. The van der Waals surface area contributed by atoms with Crippen LogP contribution in [0.3, 0.4) is 0 Å². The lowest BCUT2D eigenvalue weighted by molar-refractivity contribution is -0.141. The first-order valence-electron chi connectivity index (χ1n) is 3.85. The molecule has 6 heteroatoms. The van der Waals surface area contributed by atoms with Gasteiger partial charge in [0.05, 0.1) is 7.11 Å². The van der Waals surface area contributed by atoms with Crippen molar-refractivity contribution in [2.45, 2.75) is 13.5 Å². The van der Waals surface area contributed by atoms with E-state index in [0.29, 0.717) is 10.3 Å². The molecular formula is C8H9BrN2O3. The number of aromatic nitrogens is 2. The van der Waals surface area contributed by atoms with Gasteiger partial charge in [0.25, 0.3) is 5.56 Å². The molecule has 0 bridgehead atoms. The van der Waals surface area contributed by atoms with Gasteiger partial charge in [-0.1, -0.05) is 0 Å². The molecule has 0 unspecified atom stereocenters. The Morgan fingerprint density at radius 3 is 2.93 bits per heavy atom. The number of rotatable bonds is 2. The summed E-state index contributed by atoms with van der Waals surface area (Å²) in [6, 6.07) is 0. The maximum absolute atomic E-state index is 11.5. The van der Waals surface area contributed by atoms with E-state index >= 15 is 0 Å². The lowest BCUT2D eigenvalue weighted by atomic mass is 10.5. The maximum atomic E-state index is 11.5. The minimum Gasteiger partial charge on any atom is -0.468 e. The largest absolute Gasteiger partial charge is 0.468 e. The molecule has 0 fully saturated rings. The molecule has 5 nitrogen and oxygen atoms in total. The number of ether oxygens (including phenoxy) is 1. The van der Waals surface area contributed by atoms with Crippen molar-refractivity contribution in [1.82, 2.24) is 9.55 Å². The van der Waals surface area contributed by atoms with Crippen molar-refractivity contribution >= 4 is 21.9 Å². The molecule has 0 saturated carbocycles. The Morgan fingerprint density at radius 1 is 1.71 bits per heavy atom. The van der Waals surface area contributed by atoms with Gasteiger partial charge in [-0.15, -0.1) is 0 Å². The molecule has 0 saturated heterocycles. The highest BCUT2D eigenvalue weighted by Crippen LogP contribution is 2.01. The van der Waals surface area contributed by atoms with Crippen LogP contribution in [0.25, 0.3) is 0 Å². The molecule has 0 aliphatic carbocycles. The van der Waals surface area contributed by atoms with Crippen molar-refractivity contribution in [3.8, 4) is 0 Å². The summed E-state index contributed by atoms with van der Waals surface area (Å²) in [5.41, 5.74) is -0.289. The van der Waals surface area contributed by atoms with Gasteiger partial charge in [-0.2, -0.15) is 0 Å². The second kappa shape index (κ2) is 4.36. The number of methoxy groups -OCH3 is 1. The van der Waals surface area contributed by atoms with Crippen LogP contribution in [0.5, 0.6) is 0 Å². The Morgan fingerprint density at radius 2 is 2.36 bits per heavy atom. The van der Waals surface area contributed by atoms with Crippen LogP contribution in [0.15, 0.2) is 15.5 Å². The summed E-state index contributed by atoms with van der Waals surface area (Å²) < 4.78 is 6.03. The molecule has 0 amide bonds. The monoisotopic (exact) mass is 260 g/mol. The average molecular weight is 261 g/mol. The molecule has 1 aromatic rings. The second-order valence-electron chi connectivity index (χ2n) is 2.62. The van der Waals surface area contributed by atoms with Crippen molar-refractivity contribution in [2.75, 3.05) is 7.11 Å². The van der Waals surface area contributed by atoms with Gasteiger partial charge in [-0.25, -0.2) is 4.98 Å². The highest BCUT2D eigenvalue weighted by atomic mass is 79.9. The van der Waals surface area contributed by atoms with E-state index in [2.05, 4.69) is 25.7 Å². The summed E-state index contributed by atoms with van der Waals surface area (Å²) in [6.07, 6.45) is 1.41. The molecule has 1 rings (SSSR count). The zero-order valence-electron chi connectivity index (χ0n) is 7.78. The van der Waals surface area contributed by atoms with Gasteiger partial charge in [0, 0.05) is 6.20 Å². The summed E-state index contributed by atoms with van der Waals surface area (Å²) in [4.78, 5) is 26.4. The van der Waals surface area contributed by atoms with Gasteiger partial charge in [0.2, 0.25) is 0 Å². The van der Waals surface area contributed by atoms with E-state index in [9.17, 15) is 9.59 Å². The van der Waals surface area contributed by atoms with Crippen LogP contribution >= 0.6 is 15.9 Å². The first-order chi connectivity index (χ1) is 6.56. The van der Waals surface area contributed by atoms with E-state index in [-0.39, 0.29) is 12.1 Å². The van der Waals surface area contributed by atoms with E-state index in [1.165, 1.54) is 17.9 Å². The number of carbonyl (C=O) groups is 1. The lowest BCUT2D eigenvalue weighted by Gasteiger charge is -2.07. The maximum Gasteiger partial charge on any atom is 0.325 e. The lowest BCUT2D eigenvalue weighted by Crippen LogP contribution is -2.28. The highest BCUT2D eigenvalue weighted by molar-refractivity contribution is 9.10. The molecule has 0 aliphatic rings. The van der Waals surface area contributed by atoms with Crippen LogP contribution in [0, 0.1) is 6.92 Å². The van der Waals surface area contributed by atoms with Crippen LogP contribution in [-0.4, -0.2) is 22.6 Å². The van der Waals surface area contributed by atoms with Crippen molar-refractivity contribution in [1.29, 1.82) is 0 Å². The predicted octanol–water partition coefficient (Wildman–Crippen LogP) is 0.487. The molecule has 0 aliphatic heterocycles. The second-order valence-corrected chi connectivity index (χ2v) is 3.48. The van der Waals surface area contributed by atoms with E-state index in [1.807, 2.05) is 0 Å². The van der Waals surface area contributed by atoms with Crippen molar-refractivity contribution < 1.29 is 9.53 Å². The summed E-state index contributed by atoms with van der Waals surface area (Å²) in [7, 11) is 1.27. The third kappa shape index (κ3) is 2.20. The summed E-state index contributed by atoms with van der Waals surface area (Å²) in [6.45, 7) is 1.53. The van der Waals surface area contributed by atoms with Crippen molar-refractivity contribution in [2.24, 2.45) is 0 Å². The number of halogens is 1. The van der Waals surface area contributed by atoms with Gasteiger partial charge in [0.15, 0.2) is 0 Å². The first kappa shape index (κ1) is 10.9. The Hall–Kier alpha value is -1.17. The first-order valence-corrected chi connectivity index (χ1v) is 4.64. The number of nitrogens with zero attached hydrogens (tertiary/aromatic N) is 2. The minimum absolute atomic E-state index is 0.117. The fourth-order valence-electron chi connectivity index (χ4n) is 0.931. The Kier molecular flexibility index (Phi) is 3.40. The van der Waals surface area contributed by atoms with Gasteiger partial charge < -0.3 is 4.74 Å². The normalized spacial score (nSPS) is 9.93. The topological polar surface area (TPSA) is 61.2 Å². The summed E-state index contributed by atoms with van der Waals surface area (Å²) >= 11 is 3.04. The minimum atomic E-state index is -0.477. The fraction of sp³-hybridized carbons (Fsp3) is 0.375. The Bertz CT molecular complexity index is 414. The summed E-state index contributed by atoms with van der Waals surface area (Å²) in [5.74, 6) is -0.00120. The number of hydrogen-bond acceptors (Lipinski definition) is 4. The van der Waals surface area contributed by atoms with Crippen LogP contribution < -0.4 is 5.56 Å². The van der Waals surface area contributed by atoms with Crippen LogP contribution in [0.2, 0.25) is 0 Å². The smallest absolute Gasteiger partial charge is 0.325 e. The molecule has 0 spiro atoms. The Balaban J connectivity index is 3.13. The molecule has 14 heavy (non-hydrogen) atoms. The summed E-state index contributed by atoms with van der Waals surface area (Å²) in [5, 5.41) is 0. The van der Waals surface area contributed by atoms with Gasteiger partial charge in [-0.3, -0.25) is 14.2 Å². The standard InChI is InChI=1S/C8H9BrN2O3/c1-5-10-3-6(9)8(13)11(5)4-7(12)14-2/h3H,4H2,1-2H3. The molecule has 76 valence electrons. The van der Waals surface area contributed by atoms with Gasteiger partial charge in [-0.05, 0) is 22.9 Å². The van der Waals surface area contributed by atoms with E-state index in [4.69, 9.17) is 0 Å². The number of hydrogen-bond donors (Lipinski definition) is 0. The fourth-order valence-corrected chi connectivity index (χ4v) is 1.25. The Labute approximate surface area is 88.8 Å². The number of carbonyl (C=O) groups excluding carboxylic acids is 1. The number of aryl methyl sites for hydroxylation is 1. The average Bonchev–Trinajstić information content (AvgIpc) is 2.18.